The van der Waals surface area contributed by atoms with Crippen molar-refractivity contribution in [3.63, 3.8) is 0 Å². The van der Waals surface area contributed by atoms with Gasteiger partial charge in [0, 0.05) is 70.2 Å². The van der Waals surface area contributed by atoms with Crippen LogP contribution < -0.4 is 20.5 Å². The SMILES string of the molecule is COc1ccc2c(c1)nc(Nc1cc3c(cc1OC)nc(N)n1nc(C4CC(c5cnc(C(C)(C)O)cn5)C4)nc31)n1nc(C3CC(c4ccc(C(C)(C)O)cn4)C3)nc21. The normalized spacial score (nSPS) is 19.5. The fourth-order valence-electron chi connectivity index (χ4n) is 8.23. The lowest BCUT2D eigenvalue weighted by molar-refractivity contribution is 0.0732. The molecule has 60 heavy (non-hydrogen) atoms. The maximum absolute atomic E-state index is 10.4. The zero-order valence-electron chi connectivity index (χ0n) is 34.1. The van der Waals surface area contributed by atoms with Crippen molar-refractivity contribution in [3.8, 4) is 11.5 Å². The maximum Gasteiger partial charge on any atom is 0.231 e. The van der Waals surface area contributed by atoms with Gasteiger partial charge in [0.15, 0.2) is 22.9 Å². The third-order valence-corrected chi connectivity index (χ3v) is 12.0. The Morgan fingerprint density at radius 2 is 1.33 bits per heavy atom. The van der Waals surface area contributed by atoms with Gasteiger partial charge in [-0.25, -0.2) is 19.9 Å². The highest BCUT2D eigenvalue weighted by Gasteiger charge is 2.37. The standard InChI is InChI=1S/C43H45N13O4/c1-42(2,57)25-7-10-29(45-18-25)21-11-23(12-21)37-51-38-27-9-8-26(59-5)15-30(27)49-41(56(38)54-37)50-32-16-28-31(17-34(32)60-6)48-40(44)55-39(28)52-36(53-55)24-13-22(14-24)33-19-47-35(20-46-33)43(3,4)58/h7-10,15-24,57-58H,11-14H2,1-6H3,(H2,44,48)(H,49,50). The van der Waals surface area contributed by atoms with Gasteiger partial charge in [-0.1, -0.05) is 6.07 Å². The monoisotopic (exact) mass is 807 g/mol. The summed E-state index contributed by atoms with van der Waals surface area (Å²) in [5.41, 5.74) is 10.8. The van der Waals surface area contributed by atoms with E-state index in [2.05, 4.69) is 25.3 Å². The van der Waals surface area contributed by atoms with Gasteiger partial charge in [-0.2, -0.15) is 9.03 Å². The summed E-state index contributed by atoms with van der Waals surface area (Å²) in [7, 11) is 3.22. The molecule has 0 unspecified atom stereocenters. The van der Waals surface area contributed by atoms with Crippen LogP contribution in [0.25, 0.3) is 33.1 Å². The molecule has 0 radical (unpaired) electrons. The number of hydrogen-bond acceptors (Lipinski definition) is 15. The summed E-state index contributed by atoms with van der Waals surface area (Å²) >= 11 is 0. The van der Waals surface area contributed by atoms with Gasteiger partial charge in [0.1, 0.15) is 17.1 Å². The minimum absolute atomic E-state index is 0.103. The molecule has 17 heteroatoms. The Morgan fingerprint density at radius 1 is 0.667 bits per heavy atom. The van der Waals surface area contributed by atoms with Crippen molar-refractivity contribution in [2.75, 3.05) is 25.3 Å². The Balaban J connectivity index is 0.971. The first-order valence-corrected chi connectivity index (χ1v) is 20.0. The number of benzene rings is 2. The minimum Gasteiger partial charge on any atom is -0.497 e. The van der Waals surface area contributed by atoms with Crippen LogP contribution in [0.3, 0.4) is 0 Å². The average Bonchev–Trinajstić information content (AvgIpc) is 3.83. The molecule has 0 amide bonds. The second-order valence-electron chi connectivity index (χ2n) is 17.0. The third kappa shape index (κ3) is 6.44. The molecule has 6 aromatic heterocycles. The molecule has 6 heterocycles. The second-order valence-corrected chi connectivity index (χ2v) is 17.0. The molecule has 0 spiro atoms. The van der Waals surface area contributed by atoms with Crippen LogP contribution in [0.4, 0.5) is 17.6 Å². The highest BCUT2D eigenvalue weighted by atomic mass is 16.5. The average molecular weight is 808 g/mol. The van der Waals surface area contributed by atoms with Gasteiger partial charge in [-0.05, 0) is 77.6 Å². The molecule has 2 fully saturated rings. The number of pyridine rings is 1. The van der Waals surface area contributed by atoms with Crippen molar-refractivity contribution < 1.29 is 19.7 Å². The molecule has 0 atom stereocenters. The van der Waals surface area contributed by atoms with Gasteiger partial charge in [0.05, 0.1) is 54.1 Å². The Labute approximate surface area is 344 Å². The molecule has 0 aliphatic heterocycles. The lowest BCUT2D eigenvalue weighted by Crippen LogP contribution is -2.23. The molecule has 8 aromatic rings. The number of aromatic nitrogens is 11. The van der Waals surface area contributed by atoms with Crippen LogP contribution in [0.15, 0.2) is 61.1 Å². The number of methoxy groups -OCH3 is 2. The van der Waals surface area contributed by atoms with Crippen LogP contribution in [-0.2, 0) is 11.2 Å². The molecule has 2 aliphatic rings. The van der Waals surface area contributed by atoms with Crippen LogP contribution in [-0.4, -0.2) is 78.5 Å². The van der Waals surface area contributed by atoms with E-state index in [9.17, 15) is 10.2 Å². The molecule has 10 rings (SSSR count). The van der Waals surface area contributed by atoms with E-state index in [1.54, 1.807) is 69.5 Å². The van der Waals surface area contributed by atoms with E-state index in [0.717, 1.165) is 59.2 Å². The van der Waals surface area contributed by atoms with E-state index in [-0.39, 0.29) is 29.6 Å². The number of hydrogen-bond donors (Lipinski definition) is 4. The van der Waals surface area contributed by atoms with E-state index in [0.29, 0.717) is 57.0 Å². The van der Waals surface area contributed by atoms with Gasteiger partial charge < -0.3 is 30.7 Å². The molecule has 0 bridgehead atoms. The number of nitrogen functional groups attached to an aromatic ring is 1. The van der Waals surface area contributed by atoms with E-state index < -0.39 is 11.2 Å². The van der Waals surface area contributed by atoms with Crippen molar-refractivity contribution in [2.24, 2.45) is 0 Å². The van der Waals surface area contributed by atoms with E-state index in [1.807, 2.05) is 42.5 Å². The van der Waals surface area contributed by atoms with Gasteiger partial charge in [0.2, 0.25) is 11.9 Å². The predicted octanol–water partition coefficient (Wildman–Crippen LogP) is 6.17. The summed E-state index contributed by atoms with van der Waals surface area (Å²) in [5.74, 6) is 3.95. The number of nitrogens with two attached hydrogens (primary N) is 1. The fourth-order valence-corrected chi connectivity index (χ4v) is 8.23. The van der Waals surface area contributed by atoms with Crippen LogP contribution in [0.2, 0.25) is 0 Å². The zero-order chi connectivity index (χ0) is 41.7. The Kier molecular flexibility index (Phi) is 8.62. The summed E-state index contributed by atoms with van der Waals surface area (Å²) in [4.78, 5) is 33.5. The number of aliphatic hydroxyl groups is 2. The number of nitrogens with one attached hydrogen (secondary N) is 1. The zero-order valence-corrected chi connectivity index (χ0v) is 34.1. The topological polar surface area (TPSA) is 222 Å². The lowest BCUT2D eigenvalue weighted by Gasteiger charge is -2.33. The molecule has 2 saturated carbocycles. The first-order valence-electron chi connectivity index (χ1n) is 20.0. The molecule has 306 valence electrons. The Hall–Kier alpha value is -6.59. The quantitative estimate of drug-likeness (QED) is 0.121. The number of rotatable bonds is 10. The first-order chi connectivity index (χ1) is 28.7. The summed E-state index contributed by atoms with van der Waals surface area (Å²) in [6, 6.07) is 13.4. The molecule has 0 saturated heterocycles. The second kappa shape index (κ2) is 13.7. The van der Waals surface area contributed by atoms with Crippen molar-refractivity contribution in [1.82, 2.24) is 54.1 Å². The predicted molar refractivity (Wildman–Crippen MR) is 224 cm³/mol. The van der Waals surface area contributed by atoms with E-state index in [4.69, 9.17) is 40.4 Å². The number of anilines is 3. The van der Waals surface area contributed by atoms with Crippen molar-refractivity contribution in [2.45, 2.75) is 88.3 Å². The van der Waals surface area contributed by atoms with Gasteiger partial charge in [-0.3, -0.25) is 15.0 Å². The van der Waals surface area contributed by atoms with Crippen LogP contribution >= 0.6 is 0 Å². The molecular formula is C43H45N13O4. The summed E-state index contributed by atoms with van der Waals surface area (Å²) in [6.07, 6.45) is 8.47. The van der Waals surface area contributed by atoms with Crippen molar-refractivity contribution in [1.29, 1.82) is 0 Å². The molecular weight excluding hydrogens is 763 g/mol. The summed E-state index contributed by atoms with van der Waals surface area (Å²) < 4.78 is 14.8. The number of nitrogens with zero attached hydrogens (tertiary/aromatic N) is 11. The molecule has 2 aromatic carbocycles. The smallest absolute Gasteiger partial charge is 0.231 e. The highest BCUT2D eigenvalue weighted by Crippen LogP contribution is 2.48. The summed E-state index contributed by atoms with van der Waals surface area (Å²) in [5, 5.41) is 35.6. The summed E-state index contributed by atoms with van der Waals surface area (Å²) in [6.45, 7) is 6.91. The van der Waals surface area contributed by atoms with Crippen molar-refractivity contribution in [3.05, 3.63) is 95.3 Å². The maximum atomic E-state index is 10.4. The number of ether oxygens (including phenoxy) is 2. The van der Waals surface area contributed by atoms with Crippen molar-refractivity contribution >= 4 is 50.7 Å². The Morgan fingerprint density at radius 3 is 1.95 bits per heavy atom. The van der Waals surface area contributed by atoms with Gasteiger partial charge >= 0.3 is 0 Å². The molecule has 5 N–H and O–H groups in total. The van der Waals surface area contributed by atoms with E-state index >= 15 is 0 Å². The van der Waals surface area contributed by atoms with Crippen LogP contribution in [0, 0.1) is 0 Å². The van der Waals surface area contributed by atoms with Gasteiger partial charge in [-0.15, -0.1) is 10.2 Å². The molecule has 2 aliphatic carbocycles. The van der Waals surface area contributed by atoms with Gasteiger partial charge in [0.25, 0.3) is 0 Å². The minimum atomic E-state index is -1.05. The first kappa shape index (κ1) is 37.7. The highest BCUT2D eigenvalue weighted by molar-refractivity contribution is 5.97. The molecule has 17 nitrogen and oxygen atoms in total. The Bertz CT molecular complexity index is 2940. The lowest BCUT2D eigenvalue weighted by atomic mass is 9.72. The van der Waals surface area contributed by atoms with Crippen LogP contribution in [0.1, 0.15) is 111 Å². The number of fused-ring (bicyclic) bond motifs is 6. The fraction of sp³-hybridized carbons (Fsp3) is 0.372. The third-order valence-electron chi connectivity index (χ3n) is 12.0. The van der Waals surface area contributed by atoms with Crippen LogP contribution in [0.5, 0.6) is 11.5 Å². The largest absolute Gasteiger partial charge is 0.497 e. The van der Waals surface area contributed by atoms with E-state index in [1.165, 1.54) is 0 Å².